The summed E-state index contributed by atoms with van der Waals surface area (Å²) in [5, 5.41) is 3.47. The molecule has 0 aliphatic carbocycles. The molecule has 0 aliphatic heterocycles. The molecule has 1 heterocycles. The molecule has 1 aromatic heterocycles. The first kappa shape index (κ1) is 21.4. The Morgan fingerprint density at radius 3 is 2.50 bits per heavy atom. The Morgan fingerprint density at radius 2 is 1.93 bits per heavy atom. The van der Waals surface area contributed by atoms with Crippen molar-refractivity contribution in [2.45, 2.75) is 25.8 Å². The van der Waals surface area contributed by atoms with Crippen LogP contribution in [0.15, 0.2) is 48.0 Å². The average molecular weight is 411 g/mol. The van der Waals surface area contributed by atoms with Gasteiger partial charge in [0.2, 0.25) is 11.7 Å². The monoisotopic (exact) mass is 411 g/mol. The van der Waals surface area contributed by atoms with Crippen molar-refractivity contribution >= 4 is 15.7 Å². The Balaban J connectivity index is 2.33. The van der Waals surface area contributed by atoms with Crippen LogP contribution in [0.1, 0.15) is 30.0 Å². The second-order valence-electron chi connectivity index (χ2n) is 6.14. The van der Waals surface area contributed by atoms with E-state index in [0.717, 1.165) is 17.9 Å². The van der Waals surface area contributed by atoms with Gasteiger partial charge < -0.3 is 10.1 Å². The quantitative estimate of drug-likeness (QED) is 0.752. The zero-order chi connectivity index (χ0) is 20.9. The fourth-order valence-corrected chi connectivity index (χ4v) is 2.53. The molecule has 0 aliphatic rings. The van der Waals surface area contributed by atoms with Crippen LogP contribution in [-0.2, 0) is 15.8 Å². The molecule has 2 aromatic rings. The number of amides is 1. The molecule has 1 atom stereocenters. The van der Waals surface area contributed by atoms with Crippen LogP contribution in [0, 0.1) is 0 Å². The van der Waals surface area contributed by atoms with E-state index in [-0.39, 0.29) is 11.4 Å². The van der Waals surface area contributed by atoms with E-state index in [1.54, 1.807) is 37.3 Å². The summed E-state index contributed by atoms with van der Waals surface area (Å²) >= 11 is 0. The number of ether oxygens (including phenoxy) is 1. The lowest BCUT2D eigenvalue weighted by atomic mass is 10.2. The molecule has 0 bridgehead atoms. The SMILES string of the molecule is C[C@@H](/C=C/S(C)(=O)=O)NC(=O)c1cnc(C(C)(F)F)nc1Oc1ccccc1. The maximum absolute atomic E-state index is 13.6. The number of nitrogens with one attached hydrogen (secondary N) is 1. The third-order valence-electron chi connectivity index (χ3n) is 3.32. The van der Waals surface area contributed by atoms with Gasteiger partial charge in [0.05, 0.1) is 0 Å². The number of benzene rings is 1. The second-order valence-corrected chi connectivity index (χ2v) is 8.07. The standard InChI is InChI=1S/C18H19F2N3O4S/c1-12(9-10-28(3,25)26)22-15(24)14-11-21-17(18(2,19)20)23-16(14)27-13-7-5-4-6-8-13/h4-12H,1-3H3,(H,22,24)/b10-9+/t12-/m0/s1. The highest BCUT2D eigenvalue weighted by Crippen LogP contribution is 2.28. The number of nitrogens with zero attached hydrogens (tertiary/aromatic N) is 2. The number of hydrogen-bond donors (Lipinski definition) is 1. The molecule has 150 valence electrons. The zero-order valence-electron chi connectivity index (χ0n) is 15.4. The van der Waals surface area contributed by atoms with Gasteiger partial charge in [-0.3, -0.25) is 4.79 Å². The van der Waals surface area contributed by atoms with Crippen LogP contribution in [0.5, 0.6) is 11.6 Å². The highest BCUT2D eigenvalue weighted by Gasteiger charge is 2.30. The van der Waals surface area contributed by atoms with Crippen molar-refractivity contribution in [2.24, 2.45) is 0 Å². The van der Waals surface area contributed by atoms with Crippen LogP contribution in [0.4, 0.5) is 8.78 Å². The van der Waals surface area contributed by atoms with Crippen LogP contribution in [-0.4, -0.2) is 36.6 Å². The molecule has 0 fully saturated rings. The number of halogens is 2. The van der Waals surface area contributed by atoms with Crippen molar-refractivity contribution < 1.29 is 26.7 Å². The molecule has 2 rings (SSSR count). The number of aromatic nitrogens is 2. The maximum atomic E-state index is 13.6. The molecule has 28 heavy (non-hydrogen) atoms. The van der Waals surface area contributed by atoms with E-state index in [0.29, 0.717) is 12.7 Å². The van der Waals surface area contributed by atoms with Crippen LogP contribution in [0.3, 0.4) is 0 Å². The van der Waals surface area contributed by atoms with Crippen molar-refractivity contribution in [3.8, 4) is 11.6 Å². The van der Waals surface area contributed by atoms with E-state index >= 15 is 0 Å². The van der Waals surface area contributed by atoms with Crippen LogP contribution in [0.25, 0.3) is 0 Å². The Hall–Kier alpha value is -2.88. The predicted octanol–water partition coefficient (Wildman–Crippen LogP) is 3.06. The smallest absolute Gasteiger partial charge is 0.303 e. The largest absolute Gasteiger partial charge is 0.438 e. The van der Waals surface area contributed by atoms with Gasteiger partial charge in [-0.1, -0.05) is 24.3 Å². The maximum Gasteiger partial charge on any atom is 0.303 e. The molecule has 1 N–H and O–H groups in total. The Morgan fingerprint density at radius 1 is 1.29 bits per heavy atom. The number of hydrogen-bond acceptors (Lipinski definition) is 6. The number of carbonyl (C=O) groups excluding carboxylic acids is 1. The molecule has 0 radical (unpaired) electrons. The van der Waals surface area contributed by atoms with Gasteiger partial charge in [0.15, 0.2) is 9.84 Å². The van der Waals surface area contributed by atoms with Crippen molar-refractivity contribution in [1.29, 1.82) is 0 Å². The summed E-state index contributed by atoms with van der Waals surface area (Å²) < 4.78 is 55.0. The van der Waals surface area contributed by atoms with Crippen molar-refractivity contribution in [3.05, 3.63) is 59.4 Å². The summed E-state index contributed by atoms with van der Waals surface area (Å²) in [5.41, 5.74) is -0.170. The third-order valence-corrected chi connectivity index (χ3v) is 3.97. The molecular weight excluding hydrogens is 392 g/mol. The van der Waals surface area contributed by atoms with E-state index in [1.165, 1.54) is 6.08 Å². The number of sulfone groups is 1. The lowest BCUT2D eigenvalue weighted by Crippen LogP contribution is -2.32. The molecule has 7 nitrogen and oxygen atoms in total. The second kappa shape index (κ2) is 8.42. The number of carbonyl (C=O) groups is 1. The van der Waals surface area contributed by atoms with Gasteiger partial charge >= 0.3 is 5.92 Å². The van der Waals surface area contributed by atoms with E-state index in [1.807, 2.05) is 0 Å². The lowest BCUT2D eigenvalue weighted by Gasteiger charge is -2.15. The van der Waals surface area contributed by atoms with Crippen LogP contribution >= 0.6 is 0 Å². The fourth-order valence-electron chi connectivity index (χ4n) is 2.00. The Bertz CT molecular complexity index is 974. The zero-order valence-corrected chi connectivity index (χ0v) is 16.2. The van der Waals surface area contributed by atoms with Crippen molar-refractivity contribution in [2.75, 3.05) is 6.26 Å². The van der Waals surface area contributed by atoms with Gasteiger partial charge in [-0.05, 0) is 19.1 Å². The minimum atomic E-state index is -3.36. The highest BCUT2D eigenvalue weighted by atomic mass is 32.2. The normalized spacial score (nSPS) is 13.3. The van der Waals surface area contributed by atoms with Gasteiger partial charge in [-0.25, -0.2) is 13.4 Å². The first-order valence-corrected chi connectivity index (χ1v) is 10.1. The number of rotatable bonds is 7. The van der Waals surface area contributed by atoms with Crippen LogP contribution < -0.4 is 10.1 Å². The predicted molar refractivity (Wildman–Crippen MR) is 99.0 cm³/mol. The van der Waals surface area contributed by atoms with Gasteiger partial charge in [0, 0.05) is 30.8 Å². The van der Waals surface area contributed by atoms with Gasteiger partial charge in [-0.2, -0.15) is 13.8 Å². The summed E-state index contributed by atoms with van der Waals surface area (Å²) in [4.78, 5) is 19.8. The molecular formula is C18H19F2N3O4S. The average Bonchev–Trinajstić information content (AvgIpc) is 2.59. The minimum Gasteiger partial charge on any atom is -0.438 e. The summed E-state index contributed by atoms with van der Waals surface area (Å²) in [6.07, 6.45) is 3.24. The number of para-hydroxylation sites is 1. The van der Waals surface area contributed by atoms with E-state index < -0.39 is 33.5 Å². The molecule has 10 heteroatoms. The fraction of sp³-hybridized carbons (Fsp3) is 0.278. The van der Waals surface area contributed by atoms with Crippen molar-refractivity contribution in [1.82, 2.24) is 15.3 Å². The summed E-state index contributed by atoms with van der Waals surface area (Å²) in [5.74, 6) is -4.86. The Labute approximate surface area is 161 Å². The summed E-state index contributed by atoms with van der Waals surface area (Å²) in [6, 6.07) is 7.57. The van der Waals surface area contributed by atoms with Crippen molar-refractivity contribution in [3.63, 3.8) is 0 Å². The highest BCUT2D eigenvalue weighted by molar-refractivity contribution is 7.93. The molecule has 0 saturated carbocycles. The summed E-state index contributed by atoms with van der Waals surface area (Å²) in [7, 11) is -3.36. The first-order chi connectivity index (χ1) is 13.0. The third kappa shape index (κ3) is 6.38. The molecule has 1 aromatic carbocycles. The summed E-state index contributed by atoms with van der Waals surface area (Å²) in [6.45, 7) is 2.18. The molecule has 0 spiro atoms. The molecule has 1 amide bonds. The van der Waals surface area contributed by atoms with E-state index in [2.05, 4.69) is 15.3 Å². The first-order valence-electron chi connectivity index (χ1n) is 8.13. The molecule has 0 unspecified atom stereocenters. The van der Waals surface area contributed by atoms with Gasteiger partial charge in [-0.15, -0.1) is 0 Å². The van der Waals surface area contributed by atoms with E-state index in [4.69, 9.17) is 4.74 Å². The minimum absolute atomic E-state index is 0.170. The number of alkyl halides is 2. The lowest BCUT2D eigenvalue weighted by molar-refractivity contribution is 0.00707. The van der Waals surface area contributed by atoms with Crippen LogP contribution in [0.2, 0.25) is 0 Å². The van der Waals surface area contributed by atoms with Gasteiger partial charge in [0.1, 0.15) is 11.3 Å². The Kier molecular flexibility index (Phi) is 6.45. The van der Waals surface area contributed by atoms with Gasteiger partial charge in [0.25, 0.3) is 5.91 Å². The topological polar surface area (TPSA) is 98.2 Å². The molecule has 0 saturated heterocycles. The van der Waals surface area contributed by atoms with E-state index in [9.17, 15) is 22.0 Å².